The van der Waals surface area contributed by atoms with Crippen LogP contribution in [0.3, 0.4) is 0 Å². The fourth-order valence-corrected chi connectivity index (χ4v) is 3.13. The van der Waals surface area contributed by atoms with Gasteiger partial charge in [-0.05, 0) is 37.8 Å². The van der Waals surface area contributed by atoms with Crippen LogP contribution in [0.1, 0.15) is 31.4 Å². The molecular weight excluding hydrogens is 328 g/mol. The van der Waals surface area contributed by atoms with Gasteiger partial charge in [-0.3, -0.25) is 9.89 Å². The number of hydrogen-bond donors (Lipinski definition) is 3. The smallest absolute Gasteiger partial charge is 0.191 e. The van der Waals surface area contributed by atoms with Crippen LogP contribution in [0, 0.1) is 0 Å². The van der Waals surface area contributed by atoms with Crippen LogP contribution in [0.2, 0.25) is 0 Å². The maximum Gasteiger partial charge on any atom is 0.191 e. The summed E-state index contributed by atoms with van der Waals surface area (Å²) in [6.07, 6.45) is 1.53. The Morgan fingerprint density at radius 1 is 1.27 bits per heavy atom. The molecule has 1 heterocycles. The number of aliphatic hydroxyl groups excluding tert-OH is 1. The van der Waals surface area contributed by atoms with Crippen LogP contribution in [0.4, 0.5) is 0 Å². The van der Waals surface area contributed by atoms with Crippen LogP contribution in [-0.4, -0.2) is 68.0 Å². The molecule has 0 saturated carbocycles. The number of aliphatic imine (C=N–C) groups is 1. The van der Waals surface area contributed by atoms with Gasteiger partial charge in [0.15, 0.2) is 5.96 Å². The number of ether oxygens (including phenoxy) is 1. The summed E-state index contributed by atoms with van der Waals surface area (Å²) < 4.78 is 5.34. The summed E-state index contributed by atoms with van der Waals surface area (Å²) in [5, 5.41) is 16.9. The van der Waals surface area contributed by atoms with Gasteiger partial charge in [-0.15, -0.1) is 0 Å². The number of aliphatic hydroxyl groups is 1. The molecule has 0 aromatic heterocycles. The zero-order chi connectivity index (χ0) is 18.6. The van der Waals surface area contributed by atoms with Gasteiger partial charge in [-0.25, -0.2) is 0 Å². The second-order valence-corrected chi connectivity index (χ2v) is 6.60. The first kappa shape index (κ1) is 20.7. The van der Waals surface area contributed by atoms with Crippen molar-refractivity contribution in [3.8, 4) is 0 Å². The summed E-state index contributed by atoms with van der Waals surface area (Å²) in [5.41, 5.74) is 2.81. The largest absolute Gasteiger partial charge is 0.390 e. The first-order valence-corrected chi connectivity index (χ1v) is 9.80. The van der Waals surface area contributed by atoms with Gasteiger partial charge in [-0.1, -0.05) is 24.3 Å². The van der Waals surface area contributed by atoms with Crippen molar-refractivity contribution in [2.24, 2.45) is 4.99 Å². The van der Waals surface area contributed by atoms with Crippen LogP contribution in [-0.2, 0) is 17.7 Å². The maximum atomic E-state index is 10.4. The highest BCUT2D eigenvalue weighted by Crippen LogP contribution is 2.18. The van der Waals surface area contributed by atoms with Gasteiger partial charge in [0, 0.05) is 45.9 Å². The van der Waals surface area contributed by atoms with Crippen molar-refractivity contribution in [1.29, 1.82) is 0 Å². The molecule has 1 aromatic carbocycles. The Hall–Kier alpha value is -1.63. The van der Waals surface area contributed by atoms with E-state index in [1.54, 1.807) is 0 Å². The minimum absolute atomic E-state index is 0.402. The molecule has 1 aliphatic rings. The van der Waals surface area contributed by atoms with Crippen LogP contribution in [0.15, 0.2) is 29.3 Å². The van der Waals surface area contributed by atoms with Gasteiger partial charge in [0.1, 0.15) is 0 Å². The summed E-state index contributed by atoms with van der Waals surface area (Å²) >= 11 is 0. The lowest BCUT2D eigenvalue weighted by molar-refractivity contribution is 0.111. The van der Waals surface area contributed by atoms with Gasteiger partial charge in [0.2, 0.25) is 0 Å². The first-order chi connectivity index (χ1) is 12.7. The number of hydrogen-bond acceptors (Lipinski definition) is 4. The SMILES string of the molecule is CCNC(=NCC(O)CN1CCc2ccccc2C1)NCCCOCC. The third kappa shape index (κ3) is 7.32. The summed E-state index contributed by atoms with van der Waals surface area (Å²) in [6, 6.07) is 8.57. The minimum Gasteiger partial charge on any atom is -0.390 e. The van der Waals surface area contributed by atoms with Crippen molar-refractivity contribution in [2.75, 3.05) is 45.9 Å². The molecule has 2 rings (SSSR count). The molecule has 1 aromatic rings. The monoisotopic (exact) mass is 362 g/mol. The summed E-state index contributed by atoms with van der Waals surface area (Å²) in [4.78, 5) is 6.83. The van der Waals surface area contributed by atoms with Crippen LogP contribution >= 0.6 is 0 Å². The van der Waals surface area contributed by atoms with E-state index in [9.17, 15) is 5.11 Å². The summed E-state index contributed by atoms with van der Waals surface area (Å²) in [7, 11) is 0. The minimum atomic E-state index is -0.459. The molecule has 6 heteroatoms. The average molecular weight is 363 g/mol. The predicted molar refractivity (Wildman–Crippen MR) is 107 cm³/mol. The Bertz CT molecular complexity index is 550. The molecule has 6 nitrogen and oxygen atoms in total. The highest BCUT2D eigenvalue weighted by molar-refractivity contribution is 5.79. The van der Waals surface area contributed by atoms with E-state index in [4.69, 9.17) is 4.74 Å². The molecule has 1 aliphatic heterocycles. The van der Waals surface area contributed by atoms with Crippen molar-refractivity contribution in [3.63, 3.8) is 0 Å². The van der Waals surface area contributed by atoms with Gasteiger partial charge in [0.25, 0.3) is 0 Å². The molecule has 1 atom stereocenters. The van der Waals surface area contributed by atoms with E-state index in [1.165, 1.54) is 11.1 Å². The van der Waals surface area contributed by atoms with Crippen molar-refractivity contribution >= 4 is 5.96 Å². The quantitative estimate of drug-likeness (QED) is 0.333. The topological polar surface area (TPSA) is 69.1 Å². The fourth-order valence-electron chi connectivity index (χ4n) is 3.13. The second-order valence-electron chi connectivity index (χ2n) is 6.60. The van der Waals surface area contributed by atoms with Crippen molar-refractivity contribution < 1.29 is 9.84 Å². The maximum absolute atomic E-state index is 10.4. The lowest BCUT2D eigenvalue weighted by atomic mass is 10.00. The molecular formula is C20H34N4O2. The van der Waals surface area contributed by atoms with Crippen LogP contribution < -0.4 is 10.6 Å². The Morgan fingerprint density at radius 2 is 2.08 bits per heavy atom. The molecule has 0 saturated heterocycles. The van der Waals surface area contributed by atoms with E-state index >= 15 is 0 Å². The number of nitrogens with one attached hydrogen (secondary N) is 2. The van der Waals surface area contributed by atoms with E-state index < -0.39 is 6.10 Å². The Balaban J connectivity index is 1.74. The molecule has 26 heavy (non-hydrogen) atoms. The fraction of sp³-hybridized carbons (Fsp3) is 0.650. The number of fused-ring (bicyclic) bond motifs is 1. The molecule has 1 unspecified atom stereocenters. The Kier molecular flexibility index (Phi) is 9.45. The van der Waals surface area contributed by atoms with E-state index in [2.05, 4.69) is 44.8 Å². The standard InChI is InChI=1S/C20H34N4O2/c1-3-21-20(22-11-7-13-26-4-2)23-14-19(25)16-24-12-10-17-8-5-6-9-18(17)15-24/h5-6,8-9,19,25H,3-4,7,10-16H2,1-2H3,(H2,21,22,23). The zero-order valence-electron chi connectivity index (χ0n) is 16.2. The molecule has 0 radical (unpaired) electrons. The zero-order valence-corrected chi connectivity index (χ0v) is 16.2. The van der Waals surface area contributed by atoms with E-state index in [-0.39, 0.29) is 0 Å². The average Bonchev–Trinajstić information content (AvgIpc) is 2.65. The van der Waals surface area contributed by atoms with Gasteiger partial charge >= 0.3 is 0 Å². The molecule has 0 bridgehead atoms. The van der Waals surface area contributed by atoms with E-state index in [0.29, 0.717) is 13.1 Å². The molecule has 3 N–H and O–H groups in total. The second kappa shape index (κ2) is 11.9. The molecule has 146 valence electrons. The first-order valence-electron chi connectivity index (χ1n) is 9.80. The summed E-state index contributed by atoms with van der Waals surface area (Å²) in [6.45, 7) is 10.1. The van der Waals surface area contributed by atoms with E-state index in [1.807, 2.05) is 13.8 Å². The number of β-amino-alcohol motifs (C(OH)–C–C–N with tert-alkyl or cyclic N) is 1. The van der Waals surface area contributed by atoms with Crippen molar-refractivity contribution in [3.05, 3.63) is 35.4 Å². The molecule has 0 fully saturated rings. The highest BCUT2D eigenvalue weighted by Gasteiger charge is 2.18. The normalized spacial score (nSPS) is 16.2. The highest BCUT2D eigenvalue weighted by atomic mass is 16.5. The van der Waals surface area contributed by atoms with Crippen molar-refractivity contribution in [2.45, 2.75) is 39.3 Å². The van der Waals surface area contributed by atoms with Gasteiger partial charge in [-0.2, -0.15) is 0 Å². The third-order valence-corrected chi connectivity index (χ3v) is 4.45. The van der Waals surface area contributed by atoms with Crippen LogP contribution in [0.5, 0.6) is 0 Å². The third-order valence-electron chi connectivity index (χ3n) is 4.45. The number of benzene rings is 1. The Labute approximate surface area is 157 Å². The van der Waals surface area contributed by atoms with Crippen LogP contribution in [0.25, 0.3) is 0 Å². The van der Waals surface area contributed by atoms with Gasteiger partial charge < -0.3 is 20.5 Å². The lowest BCUT2D eigenvalue weighted by Gasteiger charge is -2.30. The predicted octanol–water partition coefficient (Wildman–Crippen LogP) is 1.39. The number of guanidine groups is 1. The number of rotatable bonds is 10. The van der Waals surface area contributed by atoms with Gasteiger partial charge in [0.05, 0.1) is 12.6 Å². The Morgan fingerprint density at radius 3 is 2.85 bits per heavy atom. The van der Waals surface area contributed by atoms with E-state index in [0.717, 1.165) is 58.2 Å². The lowest BCUT2D eigenvalue weighted by Crippen LogP contribution is -2.40. The molecule has 0 aliphatic carbocycles. The number of nitrogens with zero attached hydrogens (tertiary/aromatic N) is 2. The summed E-state index contributed by atoms with van der Waals surface area (Å²) in [5.74, 6) is 0.757. The molecule has 0 spiro atoms. The molecule has 0 amide bonds. The van der Waals surface area contributed by atoms with Crippen molar-refractivity contribution in [1.82, 2.24) is 15.5 Å².